The second-order valence-corrected chi connectivity index (χ2v) is 5.36. The van der Waals surface area contributed by atoms with Crippen LogP contribution in [0.1, 0.15) is 0 Å². The number of hydrogen-bond donors (Lipinski definition) is 3. The summed E-state index contributed by atoms with van der Waals surface area (Å²) >= 11 is 1.70. The van der Waals surface area contributed by atoms with Crippen LogP contribution in [0.5, 0.6) is 0 Å². The maximum Gasteiger partial charge on any atom is 0.239 e. The van der Waals surface area contributed by atoms with Gasteiger partial charge in [-0.15, -0.1) is 11.8 Å². The van der Waals surface area contributed by atoms with Gasteiger partial charge in [0.25, 0.3) is 0 Å². The minimum atomic E-state index is -0.320. The van der Waals surface area contributed by atoms with Gasteiger partial charge in [-0.2, -0.15) is 0 Å². The topological polar surface area (TPSA) is 70.2 Å². The van der Waals surface area contributed by atoms with Crippen molar-refractivity contribution in [2.24, 2.45) is 0 Å². The lowest BCUT2D eigenvalue weighted by Crippen LogP contribution is -2.58. The first-order valence-electron chi connectivity index (χ1n) is 6.21. The lowest BCUT2D eigenvalue weighted by Gasteiger charge is -2.23. The van der Waals surface area contributed by atoms with Crippen molar-refractivity contribution in [1.29, 1.82) is 0 Å². The molecule has 0 bridgehead atoms. The van der Waals surface area contributed by atoms with Crippen LogP contribution in [0.15, 0.2) is 35.2 Å². The van der Waals surface area contributed by atoms with Gasteiger partial charge in [-0.05, 0) is 12.1 Å². The summed E-state index contributed by atoms with van der Waals surface area (Å²) in [4.78, 5) is 23.9. The second kappa shape index (κ2) is 7.16. The van der Waals surface area contributed by atoms with Crippen LogP contribution in [0.2, 0.25) is 0 Å². The molecule has 102 valence electrons. The van der Waals surface area contributed by atoms with E-state index in [4.69, 9.17) is 0 Å². The van der Waals surface area contributed by atoms with E-state index < -0.39 is 0 Å². The first kappa shape index (κ1) is 13.9. The summed E-state index contributed by atoms with van der Waals surface area (Å²) in [6.07, 6.45) is 0. The van der Waals surface area contributed by atoms with Crippen LogP contribution in [-0.2, 0) is 9.59 Å². The summed E-state index contributed by atoms with van der Waals surface area (Å²) in [7, 11) is 0. The molecule has 1 aromatic carbocycles. The van der Waals surface area contributed by atoms with Crippen molar-refractivity contribution in [2.45, 2.75) is 10.9 Å². The molecule has 0 radical (unpaired) electrons. The van der Waals surface area contributed by atoms with E-state index in [1.165, 1.54) is 4.90 Å². The monoisotopic (exact) mass is 279 g/mol. The van der Waals surface area contributed by atoms with E-state index in [1.54, 1.807) is 11.8 Å². The molecule has 1 aromatic rings. The van der Waals surface area contributed by atoms with Gasteiger partial charge in [0.15, 0.2) is 0 Å². The molecule has 3 N–H and O–H groups in total. The zero-order valence-electron chi connectivity index (χ0n) is 10.5. The molecule has 1 aliphatic rings. The van der Waals surface area contributed by atoms with Gasteiger partial charge >= 0.3 is 0 Å². The molecular formula is C13H17N3O2S. The third-order valence-corrected chi connectivity index (χ3v) is 3.76. The summed E-state index contributed by atoms with van der Waals surface area (Å²) in [5, 5.41) is 8.42. The standard InChI is InChI=1S/C13H17N3O2S/c17-12-9-15-11(8-16-12)13(18)14-6-7-19-10-4-2-1-3-5-10/h1-5,11,15H,6-9H2,(H,14,18)(H,16,17). The molecule has 1 atom stereocenters. The third kappa shape index (κ3) is 4.57. The van der Waals surface area contributed by atoms with E-state index in [0.717, 1.165) is 5.75 Å². The number of carbonyl (C=O) groups is 2. The first-order chi connectivity index (χ1) is 9.25. The van der Waals surface area contributed by atoms with E-state index in [-0.39, 0.29) is 24.4 Å². The highest BCUT2D eigenvalue weighted by molar-refractivity contribution is 7.99. The predicted molar refractivity (Wildman–Crippen MR) is 75.0 cm³/mol. The van der Waals surface area contributed by atoms with Crippen LogP contribution in [0, 0.1) is 0 Å². The van der Waals surface area contributed by atoms with Crippen LogP contribution in [0.25, 0.3) is 0 Å². The molecule has 6 heteroatoms. The molecule has 0 aromatic heterocycles. The molecule has 19 heavy (non-hydrogen) atoms. The van der Waals surface area contributed by atoms with Crippen LogP contribution in [0.4, 0.5) is 0 Å². The molecule has 1 saturated heterocycles. The Hall–Kier alpha value is -1.53. The number of nitrogens with one attached hydrogen (secondary N) is 3. The number of hydrogen-bond acceptors (Lipinski definition) is 4. The van der Waals surface area contributed by atoms with Gasteiger partial charge in [-0.1, -0.05) is 18.2 Å². The Morgan fingerprint density at radius 2 is 2.16 bits per heavy atom. The maximum absolute atomic E-state index is 11.8. The number of piperazine rings is 1. The summed E-state index contributed by atoms with van der Waals surface area (Å²) in [5.74, 6) is 0.701. The van der Waals surface area contributed by atoms with Crippen molar-refractivity contribution in [3.63, 3.8) is 0 Å². The lowest BCUT2D eigenvalue weighted by molar-refractivity contribution is -0.126. The number of thioether (sulfide) groups is 1. The van der Waals surface area contributed by atoms with E-state index in [1.807, 2.05) is 30.3 Å². The molecule has 5 nitrogen and oxygen atoms in total. The van der Waals surface area contributed by atoms with Crippen molar-refractivity contribution in [1.82, 2.24) is 16.0 Å². The van der Waals surface area contributed by atoms with Crippen molar-refractivity contribution < 1.29 is 9.59 Å². The molecule has 1 unspecified atom stereocenters. The van der Waals surface area contributed by atoms with E-state index in [9.17, 15) is 9.59 Å². The Morgan fingerprint density at radius 3 is 2.84 bits per heavy atom. The van der Waals surface area contributed by atoms with Crippen molar-refractivity contribution >= 4 is 23.6 Å². The minimum Gasteiger partial charge on any atom is -0.354 e. The average molecular weight is 279 g/mol. The fraction of sp³-hybridized carbons (Fsp3) is 0.385. The summed E-state index contributed by atoms with van der Waals surface area (Å²) in [5.41, 5.74) is 0. The first-order valence-corrected chi connectivity index (χ1v) is 7.20. The lowest BCUT2D eigenvalue weighted by atomic mass is 10.2. The number of carbonyl (C=O) groups excluding carboxylic acids is 2. The molecule has 0 saturated carbocycles. The Morgan fingerprint density at radius 1 is 1.37 bits per heavy atom. The molecule has 2 amide bonds. The van der Waals surface area contributed by atoms with Crippen molar-refractivity contribution in [3.8, 4) is 0 Å². The summed E-state index contributed by atoms with van der Waals surface area (Å²) < 4.78 is 0. The quantitative estimate of drug-likeness (QED) is 0.523. The highest BCUT2D eigenvalue weighted by atomic mass is 32.2. The Balaban J connectivity index is 1.63. The normalized spacial score (nSPS) is 18.7. The van der Waals surface area contributed by atoms with Crippen molar-refractivity contribution in [3.05, 3.63) is 30.3 Å². The zero-order valence-corrected chi connectivity index (χ0v) is 11.3. The average Bonchev–Trinajstić information content (AvgIpc) is 2.45. The van der Waals surface area contributed by atoms with Crippen LogP contribution in [0.3, 0.4) is 0 Å². The highest BCUT2D eigenvalue weighted by Gasteiger charge is 2.22. The smallest absolute Gasteiger partial charge is 0.239 e. The molecule has 0 aliphatic carbocycles. The largest absolute Gasteiger partial charge is 0.354 e. The van der Waals surface area contributed by atoms with Gasteiger partial charge in [-0.3, -0.25) is 14.9 Å². The van der Waals surface area contributed by atoms with Gasteiger partial charge < -0.3 is 10.6 Å². The maximum atomic E-state index is 11.8. The second-order valence-electron chi connectivity index (χ2n) is 4.19. The van der Waals surface area contributed by atoms with Gasteiger partial charge in [0, 0.05) is 23.7 Å². The Labute approximate surface area is 116 Å². The summed E-state index contributed by atoms with van der Waals surface area (Å²) in [6.45, 7) is 1.18. The molecule has 1 heterocycles. The number of amides is 2. The van der Waals surface area contributed by atoms with E-state index in [0.29, 0.717) is 13.1 Å². The van der Waals surface area contributed by atoms with E-state index >= 15 is 0 Å². The van der Waals surface area contributed by atoms with Gasteiger partial charge in [-0.25, -0.2) is 0 Å². The van der Waals surface area contributed by atoms with Gasteiger partial charge in [0.2, 0.25) is 11.8 Å². The van der Waals surface area contributed by atoms with Gasteiger partial charge in [0.1, 0.15) is 6.04 Å². The molecule has 1 fully saturated rings. The molecule has 1 aliphatic heterocycles. The Bertz CT molecular complexity index is 429. The predicted octanol–water partition coefficient (Wildman–Crippen LogP) is -0.0171. The highest BCUT2D eigenvalue weighted by Crippen LogP contribution is 2.15. The molecule has 2 rings (SSSR count). The molecular weight excluding hydrogens is 262 g/mol. The zero-order chi connectivity index (χ0) is 13.5. The summed E-state index contributed by atoms with van der Waals surface area (Å²) in [6, 6.07) is 9.74. The van der Waals surface area contributed by atoms with Crippen LogP contribution < -0.4 is 16.0 Å². The fourth-order valence-electron chi connectivity index (χ4n) is 1.73. The van der Waals surface area contributed by atoms with Crippen molar-refractivity contribution in [2.75, 3.05) is 25.4 Å². The minimum absolute atomic E-state index is 0.0614. The van der Waals surface area contributed by atoms with E-state index in [2.05, 4.69) is 16.0 Å². The number of benzene rings is 1. The van der Waals surface area contributed by atoms with Crippen LogP contribution >= 0.6 is 11.8 Å². The third-order valence-electron chi connectivity index (χ3n) is 2.74. The fourth-order valence-corrected chi connectivity index (χ4v) is 2.52. The molecule has 0 spiro atoms. The SMILES string of the molecule is O=C1CNC(C(=O)NCCSc2ccccc2)CN1. The number of rotatable bonds is 5. The van der Waals surface area contributed by atoms with Gasteiger partial charge in [0.05, 0.1) is 6.54 Å². The van der Waals surface area contributed by atoms with Crippen LogP contribution in [-0.4, -0.2) is 43.2 Å². The Kier molecular flexibility index (Phi) is 5.23.